The van der Waals surface area contributed by atoms with E-state index in [9.17, 15) is 14.9 Å². The first-order valence-electron chi connectivity index (χ1n) is 6.44. The minimum absolute atomic E-state index is 0.00607. The molecule has 0 unspecified atom stereocenters. The Balaban J connectivity index is 1.98. The number of azo groups is 1. The Morgan fingerprint density at radius 1 is 1.09 bits per heavy atom. The highest BCUT2D eigenvalue weighted by Gasteiger charge is 2.03. The fourth-order valence-electron chi connectivity index (χ4n) is 1.50. The lowest BCUT2D eigenvalue weighted by Crippen LogP contribution is -2.06. The quantitative estimate of drug-likeness (QED) is 0.374. The Morgan fingerprint density at radius 2 is 1.61 bits per heavy atom. The van der Waals surface area contributed by atoms with E-state index in [2.05, 4.69) is 27.1 Å². The molecule has 2 aromatic rings. The summed E-state index contributed by atoms with van der Waals surface area (Å²) in [4.78, 5) is 25.6. The number of hydrogen-bond acceptors (Lipinski definition) is 7. The molecule has 0 aliphatic heterocycles. The number of carbonyl (C=O) groups excluding carboxylic acids is 1. The number of hydrogen-bond donors (Lipinski definition) is 1. The predicted octanol–water partition coefficient (Wildman–Crippen LogP) is 4.07. The van der Waals surface area contributed by atoms with Gasteiger partial charge in [-0.05, 0) is 36.4 Å². The molecular formula is C15H12N4O4. The van der Waals surface area contributed by atoms with Gasteiger partial charge in [-0.15, -0.1) is 0 Å². The fraction of sp³-hybridized carbons (Fsp3) is 0. The van der Waals surface area contributed by atoms with Gasteiger partial charge in [-0.1, -0.05) is 6.58 Å². The van der Waals surface area contributed by atoms with Gasteiger partial charge in [0.1, 0.15) is 0 Å². The summed E-state index contributed by atoms with van der Waals surface area (Å²) in [6.45, 7) is 3.28. The number of nitro benzene ring substituents is 1. The van der Waals surface area contributed by atoms with Gasteiger partial charge in [0, 0.05) is 18.2 Å². The average Bonchev–Trinajstić information content (AvgIpc) is 2.59. The summed E-state index contributed by atoms with van der Waals surface area (Å²) in [5.74, 6) is -0.591. The monoisotopic (exact) mass is 312 g/mol. The number of nitrogens with one attached hydrogen (secondary N) is 1. The molecule has 0 saturated heterocycles. The topological polar surface area (TPSA) is 106 Å². The molecule has 0 heterocycles. The lowest BCUT2D eigenvalue weighted by Gasteiger charge is -2.04. The molecule has 23 heavy (non-hydrogen) atoms. The molecule has 0 aliphatic rings. The van der Waals surface area contributed by atoms with E-state index in [1.807, 2.05) is 0 Å². The van der Waals surface area contributed by atoms with Crippen LogP contribution in [-0.2, 0) is 9.63 Å². The summed E-state index contributed by atoms with van der Waals surface area (Å²) in [5.41, 5.74) is 4.09. The Labute approximate surface area is 131 Å². The molecule has 0 spiro atoms. The molecule has 2 aromatic carbocycles. The second-order valence-electron chi connectivity index (χ2n) is 4.25. The maximum Gasteiger partial charge on any atom is 0.355 e. The van der Waals surface area contributed by atoms with E-state index in [-0.39, 0.29) is 5.69 Å². The van der Waals surface area contributed by atoms with Gasteiger partial charge >= 0.3 is 5.97 Å². The van der Waals surface area contributed by atoms with E-state index in [4.69, 9.17) is 0 Å². The third kappa shape index (κ3) is 4.74. The van der Waals surface area contributed by atoms with E-state index >= 15 is 0 Å². The summed E-state index contributed by atoms with van der Waals surface area (Å²) < 4.78 is 0. The van der Waals surface area contributed by atoms with E-state index in [1.165, 1.54) is 24.3 Å². The second kappa shape index (κ2) is 7.46. The van der Waals surface area contributed by atoms with Crippen LogP contribution in [0.15, 0.2) is 71.4 Å². The largest absolute Gasteiger partial charge is 0.355 e. The second-order valence-corrected chi connectivity index (χ2v) is 4.25. The van der Waals surface area contributed by atoms with Crippen LogP contribution in [0.1, 0.15) is 0 Å². The number of anilines is 1. The zero-order valence-corrected chi connectivity index (χ0v) is 11.9. The Hall–Kier alpha value is -3.55. The van der Waals surface area contributed by atoms with Crippen LogP contribution in [0.2, 0.25) is 0 Å². The van der Waals surface area contributed by atoms with E-state index in [0.29, 0.717) is 17.1 Å². The van der Waals surface area contributed by atoms with Crippen molar-refractivity contribution in [1.82, 2.24) is 0 Å². The molecule has 116 valence electrons. The minimum atomic E-state index is -0.591. The molecule has 0 fully saturated rings. The van der Waals surface area contributed by atoms with Crippen LogP contribution in [0.5, 0.6) is 0 Å². The first-order chi connectivity index (χ1) is 11.1. The summed E-state index contributed by atoms with van der Waals surface area (Å²) in [5, 5.41) is 18.5. The van der Waals surface area contributed by atoms with Crippen molar-refractivity contribution in [2.75, 3.05) is 5.48 Å². The van der Waals surface area contributed by atoms with Crippen molar-refractivity contribution >= 4 is 28.7 Å². The molecule has 0 radical (unpaired) electrons. The van der Waals surface area contributed by atoms with Crippen molar-refractivity contribution in [2.45, 2.75) is 0 Å². The number of rotatable bonds is 6. The van der Waals surface area contributed by atoms with Gasteiger partial charge in [-0.2, -0.15) is 10.2 Å². The number of nitro groups is 1. The maximum absolute atomic E-state index is 10.9. The van der Waals surface area contributed by atoms with Crippen molar-refractivity contribution < 1.29 is 14.6 Å². The van der Waals surface area contributed by atoms with Gasteiger partial charge in [-0.3, -0.25) is 10.1 Å². The molecule has 0 bridgehead atoms. The highest BCUT2D eigenvalue weighted by Crippen LogP contribution is 2.22. The van der Waals surface area contributed by atoms with Gasteiger partial charge in [0.05, 0.1) is 22.0 Å². The Kier molecular flexibility index (Phi) is 5.13. The van der Waals surface area contributed by atoms with Crippen LogP contribution >= 0.6 is 0 Å². The number of non-ortho nitro benzene ring substituents is 1. The molecule has 0 atom stereocenters. The number of nitrogens with zero attached hydrogens (tertiary/aromatic N) is 3. The van der Waals surface area contributed by atoms with Gasteiger partial charge in [0.2, 0.25) is 0 Å². The maximum atomic E-state index is 10.9. The Morgan fingerprint density at radius 3 is 2.09 bits per heavy atom. The van der Waals surface area contributed by atoms with Crippen molar-refractivity contribution in [3.8, 4) is 0 Å². The summed E-state index contributed by atoms with van der Waals surface area (Å²) in [6.07, 6.45) is 1.04. The summed E-state index contributed by atoms with van der Waals surface area (Å²) in [6, 6.07) is 12.4. The van der Waals surface area contributed by atoms with Crippen LogP contribution in [0, 0.1) is 10.1 Å². The fourth-order valence-corrected chi connectivity index (χ4v) is 1.50. The van der Waals surface area contributed by atoms with E-state index < -0.39 is 10.9 Å². The van der Waals surface area contributed by atoms with Crippen LogP contribution < -0.4 is 5.48 Å². The first kappa shape index (κ1) is 15.8. The molecule has 0 saturated carbocycles. The highest BCUT2D eigenvalue weighted by molar-refractivity contribution is 5.81. The van der Waals surface area contributed by atoms with Crippen LogP contribution in [-0.4, -0.2) is 10.9 Å². The third-order valence-corrected chi connectivity index (χ3v) is 2.64. The molecule has 8 nitrogen and oxygen atoms in total. The Bertz CT molecular complexity index is 739. The summed E-state index contributed by atoms with van der Waals surface area (Å²) >= 11 is 0. The number of benzene rings is 2. The molecule has 0 amide bonds. The van der Waals surface area contributed by atoms with Crippen molar-refractivity contribution in [1.29, 1.82) is 0 Å². The lowest BCUT2D eigenvalue weighted by molar-refractivity contribution is -0.384. The van der Waals surface area contributed by atoms with Gasteiger partial charge in [0.25, 0.3) is 5.69 Å². The molecule has 8 heteroatoms. The van der Waals surface area contributed by atoms with Crippen molar-refractivity contribution in [3.63, 3.8) is 0 Å². The van der Waals surface area contributed by atoms with E-state index in [0.717, 1.165) is 6.08 Å². The molecule has 0 aliphatic carbocycles. The van der Waals surface area contributed by atoms with Crippen LogP contribution in [0.3, 0.4) is 0 Å². The minimum Gasteiger partial charge on any atom is -0.339 e. The zero-order chi connectivity index (χ0) is 16.7. The van der Waals surface area contributed by atoms with Crippen molar-refractivity contribution in [3.05, 3.63) is 71.3 Å². The zero-order valence-electron chi connectivity index (χ0n) is 11.9. The summed E-state index contributed by atoms with van der Waals surface area (Å²) in [7, 11) is 0. The van der Waals surface area contributed by atoms with Gasteiger partial charge in [0.15, 0.2) is 0 Å². The van der Waals surface area contributed by atoms with E-state index in [1.54, 1.807) is 24.3 Å². The highest BCUT2D eigenvalue weighted by atomic mass is 16.7. The molecular weight excluding hydrogens is 300 g/mol. The predicted molar refractivity (Wildman–Crippen MR) is 83.6 cm³/mol. The van der Waals surface area contributed by atoms with Crippen molar-refractivity contribution in [2.24, 2.45) is 10.2 Å². The standard InChI is InChI=1S/C15H12N4O4/c1-2-15(20)23-18-13-5-3-11(4-6-13)16-17-12-7-9-14(10-8-12)19(21)22/h2-10,18H,1H2/b17-16+. The van der Waals surface area contributed by atoms with Crippen LogP contribution in [0.4, 0.5) is 22.7 Å². The molecule has 2 rings (SSSR count). The number of carbonyl (C=O) groups is 1. The van der Waals surface area contributed by atoms with Crippen LogP contribution in [0.25, 0.3) is 0 Å². The normalized spacial score (nSPS) is 10.3. The molecule has 1 N–H and O–H groups in total. The SMILES string of the molecule is C=CC(=O)ONc1ccc(/N=N/c2ccc([N+](=O)[O-])cc2)cc1. The molecule has 0 aromatic heterocycles. The smallest absolute Gasteiger partial charge is 0.339 e. The lowest BCUT2D eigenvalue weighted by atomic mass is 10.3. The average molecular weight is 312 g/mol. The van der Waals surface area contributed by atoms with Gasteiger partial charge < -0.3 is 4.84 Å². The third-order valence-electron chi connectivity index (χ3n) is 2.64. The van der Waals surface area contributed by atoms with Gasteiger partial charge in [-0.25, -0.2) is 10.3 Å². The first-order valence-corrected chi connectivity index (χ1v) is 6.44.